The van der Waals surface area contributed by atoms with Crippen LogP contribution in [0.3, 0.4) is 0 Å². The molecular formula is C21H34N2O3. The highest BCUT2D eigenvalue weighted by Crippen LogP contribution is 2.24. The number of ether oxygens (including phenoxy) is 2. The molecule has 1 heterocycles. The van der Waals surface area contributed by atoms with Gasteiger partial charge in [0.05, 0.1) is 13.2 Å². The molecule has 0 spiro atoms. The molecule has 1 amide bonds. The van der Waals surface area contributed by atoms with Crippen LogP contribution < -0.4 is 4.74 Å². The second kappa shape index (κ2) is 9.81. The highest BCUT2D eigenvalue weighted by Gasteiger charge is 2.21. The summed E-state index contributed by atoms with van der Waals surface area (Å²) in [4.78, 5) is 15.9. The van der Waals surface area contributed by atoms with Crippen LogP contribution in [0, 0.1) is 0 Å². The van der Waals surface area contributed by atoms with Crippen molar-refractivity contribution in [2.24, 2.45) is 0 Å². The lowest BCUT2D eigenvalue weighted by molar-refractivity contribution is 0.0789. The maximum absolute atomic E-state index is 11.7. The summed E-state index contributed by atoms with van der Waals surface area (Å²) in [5.74, 6) is 0.945. The summed E-state index contributed by atoms with van der Waals surface area (Å²) in [6.45, 7) is 14.1. The minimum atomic E-state index is -0.182. The summed E-state index contributed by atoms with van der Waals surface area (Å²) in [7, 11) is 0. The molecule has 0 atom stereocenters. The fourth-order valence-electron chi connectivity index (χ4n) is 3.05. The van der Waals surface area contributed by atoms with E-state index in [1.165, 1.54) is 5.56 Å². The van der Waals surface area contributed by atoms with E-state index < -0.39 is 0 Å². The van der Waals surface area contributed by atoms with Gasteiger partial charge in [-0.3, -0.25) is 4.90 Å². The van der Waals surface area contributed by atoms with Crippen molar-refractivity contribution in [2.75, 3.05) is 45.9 Å². The first-order chi connectivity index (χ1) is 12.4. The van der Waals surface area contributed by atoms with Gasteiger partial charge >= 0.3 is 6.09 Å². The van der Waals surface area contributed by atoms with E-state index >= 15 is 0 Å². The highest BCUT2D eigenvalue weighted by molar-refractivity contribution is 5.67. The summed E-state index contributed by atoms with van der Waals surface area (Å²) < 4.78 is 10.9. The summed E-state index contributed by atoms with van der Waals surface area (Å²) in [6.07, 6.45) is 1.97. The molecule has 5 nitrogen and oxygen atoms in total. The Hall–Kier alpha value is -1.75. The van der Waals surface area contributed by atoms with Crippen molar-refractivity contribution in [1.82, 2.24) is 9.80 Å². The van der Waals surface area contributed by atoms with Gasteiger partial charge in [-0.25, -0.2) is 4.79 Å². The van der Waals surface area contributed by atoms with Crippen molar-refractivity contribution < 1.29 is 14.3 Å². The minimum Gasteiger partial charge on any atom is -0.494 e. The van der Waals surface area contributed by atoms with Crippen LogP contribution in [0.4, 0.5) is 4.79 Å². The Kier molecular flexibility index (Phi) is 7.76. The summed E-state index contributed by atoms with van der Waals surface area (Å²) in [6, 6.07) is 8.43. The smallest absolute Gasteiger partial charge is 0.409 e. The van der Waals surface area contributed by atoms with Crippen LogP contribution in [0.2, 0.25) is 0 Å². The maximum atomic E-state index is 11.7. The molecule has 0 radical (unpaired) electrons. The third-order valence-corrected chi connectivity index (χ3v) is 4.76. The van der Waals surface area contributed by atoms with Gasteiger partial charge in [0.2, 0.25) is 0 Å². The number of hydrogen-bond donors (Lipinski definition) is 0. The molecular weight excluding hydrogens is 328 g/mol. The third kappa shape index (κ3) is 6.52. The zero-order valence-corrected chi connectivity index (χ0v) is 16.8. The number of carbonyl (C=O) groups excluding carboxylic acids is 1. The predicted molar refractivity (Wildman–Crippen MR) is 105 cm³/mol. The first kappa shape index (κ1) is 20.6. The molecule has 0 saturated carbocycles. The van der Waals surface area contributed by atoms with Crippen LogP contribution in [0.15, 0.2) is 24.3 Å². The highest BCUT2D eigenvalue weighted by atomic mass is 16.6. The van der Waals surface area contributed by atoms with E-state index in [1.807, 2.05) is 6.92 Å². The standard InChI is InChI=1S/C21H34N2O3/c1-5-25-20(24)23-15-13-22(14-16-23)12-6-7-17-26-19-10-8-18(9-11-19)21(2,3)4/h8-11H,5-7,12-17H2,1-4H3. The molecule has 5 heteroatoms. The predicted octanol–water partition coefficient (Wildman–Crippen LogP) is 3.92. The van der Waals surface area contributed by atoms with E-state index in [2.05, 4.69) is 49.9 Å². The minimum absolute atomic E-state index is 0.176. The molecule has 1 aliphatic heterocycles. The fraction of sp³-hybridized carbons (Fsp3) is 0.667. The number of rotatable bonds is 7. The first-order valence-electron chi connectivity index (χ1n) is 9.77. The molecule has 0 bridgehead atoms. The van der Waals surface area contributed by atoms with Gasteiger partial charge in [0.15, 0.2) is 0 Å². The maximum Gasteiger partial charge on any atom is 0.409 e. The molecule has 1 fully saturated rings. The van der Waals surface area contributed by atoms with Gasteiger partial charge in [0.1, 0.15) is 5.75 Å². The van der Waals surface area contributed by atoms with Crippen molar-refractivity contribution in [1.29, 1.82) is 0 Å². The molecule has 1 aliphatic rings. The van der Waals surface area contributed by atoms with Crippen LogP contribution in [-0.4, -0.2) is 61.8 Å². The summed E-state index contributed by atoms with van der Waals surface area (Å²) in [5, 5.41) is 0. The molecule has 26 heavy (non-hydrogen) atoms. The molecule has 0 N–H and O–H groups in total. The van der Waals surface area contributed by atoms with Crippen LogP contribution in [0.25, 0.3) is 0 Å². The van der Waals surface area contributed by atoms with Crippen LogP contribution >= 0.6 is 0 Å². The Labute approximate surface area is 158 Å². The first-order valence-corrected chi connectivity index (χ1v) is 9.77. The number of amides is 1. The fourth-order valence-corrected chi connectivity index (χ4v) is 3.05. The van der Waals surface area contributed by atoms with Gasteiger partial charge in [-0.15, -0.1) is 0 Å². The average Bonchev–Trinajstić information content (AvgIpc) is 2.62. The summed E-state index contributed by atoms with van der Waals surface area (Å²) >= 11 is 0. The second-order valence-corrected chi connectivity index (χ2v) is 7.86. The SMILES string of the molecule is CCOC(=O)N1CCN(CCCCOc2ccc(C(C)(C)C)cc2)CC1. The number of benzene rings is 1. The largest absolute Gasteiger partial charge is 0.494 e. The van der Waals surface area contributed by atoms with E-state index in [4.69, 9.17) is 9.47 Å². The summed E-state index contributed by atoms with van der Waals surface area (Å²) in [5.41, 5.74) is 1.50. The quantitative estimate of drug-likeness (QED) is 0.690. The van der Waals surface area contributed by atoms with Crippen molar-refractivity contribution >= 4 is 6.09 Å². The van der Waals surface area contributed by atoms with E-state index in [1.54, 1.807) is 4.90 Å². The van der Waals surface area contributed by atoms with E-state index in [9.17, 15) is 4.79 Å². The van der Waals surface area contributed by atoms with Crippen molar-refractivity contribution in [3.05, 3.63) is 29.8 Å². The van der Waals surface area contributed by atoms with Crippen molar-refractivity contribution in [3.63, 3.8) is 0 Å². The molecule has 2 rings (SSSR count). The Morgan fingerprint density at radius 2 is 1.69 bits per heavy atom. The lowest BCUT2D eigenvalue weighted by Gasteiger charge is -2.33. The van der Waals surface area contributed by atoms with E-state index in [0.717, 1.165) is 57.9 Å². The van der Waals surface area contributed by atoms with Crippen molar-refractivity contribution in [3.8, 4) is 5.75 Å². The average molecular weight is 363 g/mol. The Bertz CT molecular complexity index is 543. The Balaban J connectivity index is 1.58. The zero-order valence-electron chi connectivity index (χ0n) is 16.8. The second-order valence-electron chi connectivity index (χ2n) is 7.86. The molecule has 0 aromatic heterocycles. The third-order valence-electron chi connectivity index (χ3n) is 4.76. The Morgan fingerprint density at radius 1 is 1.04 bits per heavy atom. The van der Waals surface area contributed by atoms with Gasteiger partial charge in [0.25, 0.3) is 0 Å². The topological polar surface area (TPSA) is 42.0 Å². The monoisotopic (exact) mass is 362 g/mol. The number of nitrogens with zero attached hydrogens (tertiary/aromatic N) is 2. The van der Waals surface area contributed by atoms with Crippen LogP contribution in [-0.2, 0) is 10.2 Å². The molecule has 0 unspecified atom stereocenters. The molecule has 146 valence electrons. The van der Waals surface area contributed by atoms with Gasteiger partial charge < -0.3 is 14.4 Å². The number of piperazine rings is 1. The van der Waals surface area contributed by atoms with Gasteiger partial charge in [-0.1, -0.05) is 32.9 Å². The zero-order chi connectivity index (χ0) is 19.0. The van der Waals surface area contributed by atoms with Gasteiger partial charge in [-0.05, 0) is 49.4 Å². The Morgan fingerprint density at radius 3 is 2.27 bits per heavy atom. The lowest BCUT2D eigenvalue weighted by Crippen LogP contribution is -2.49. The normalized spacial score (nSPS) is 15.8. The van der Waals surface area contributed by atoms with Crippen LogP contribution in [0.5, 0.6) is 5.75 Å². The number of unbranched alkanes of at least 4 members (excludes halogenated alkanes) is 1. The molecule has 1 saturated heterocycles. The van der Waals surface area contributed by atoms with E-state index in [-0.39, 0.29) is 11.5 Å². The molecule has 1 aromatic rings. The molecule has 0 aliphatic carbocycles. The number of carbonyl (C=O) groups is 1. The van der Waals surface area contributed by atoms with E-state index in [0.29, 0.717) is 6.61 Å². The number of hydrogen-bond acceptors (Lipinski definition) is 4. The van der Waals surface area contributed by atoms with Gasteiger partial charge in [-0.2, -0.15) is 0 Å². The lowest BCUT2D eigenvalue weighted by atomic mass is 9.87. The molecule has 1 aromatic carbocycles. The van der Waals surface area contributed by atoms with Gasteiger partial charge in [0, 0.05) is 26.2 Å². The van der Waals surface area contributed by atoms with Crippen LogP contribution in [0.1, 0.15) is 46.1 Å². The van der Waals surface area contributed by atoms with Crippen molar-refractivity contribution in [2.45, 2.75) is 46.0 Å².